The van der Waals surface area contributed by atoms with Crippen LogP contribution in [0.1, 0.15) is 33.6 Å². The predicted octanol–water partition coefficient (Wildman–Crippen LogP) is 3.31. The van der Waals surface area contributed by atoms with Crippen molar-refractivity contribution < 1.29 is 9.53 Å². The van der Waals surface area contributed by atoms with Gasteiger partial charge in [0.1, 0.15) is 11.1 Å². The van der Waals surface area contributed by atoms with E-state index in [1.165, 1.54) is 0 Å². The number of nitrogens with zero attached hydrogens (tertiary/aromatic N) is 6. The first kappa shape index (κ1) is 18.4. The molecule has 2 atom stereocenters. The summed E-state index contributed by atoms with van der Waals surface area (Å²) in [5.74, 6) is 0.620. The summed E-state index contributed by atoms with van der Waals surface area (Å²) in [5.41, 5.74) is 0.583. The quantitative estimate of drug-likeness (QED) is 0.666. The molecule has 2 aromatic heterocycles. The molecular weight excluding hydrogens is 391 g/mol. The Morgan fingerprint density at radius 1 is 1.15 bits per heavy atom. The van der Waals surface area contributed by atoms with Crippen molar-refractivity contribution in [1.82, 2.24) is 25.1 Å². The van der Waals surface area contributed by atoms with Crippen molar-refractivity contribution in [1.29, 1.82) is 0 Å². The van der Waals surface area contributed by atoms with Gasteiger partial charge in [-0.05, 0) is 45.2 Å². The van der Waals surface area contributed by atoms with E-state index < -0.39 is 5.60 Å². The minimum absolute atomic E-state index is 0.0580. The predicted molar refractivity (Wildman–Crippen MR) is 102 cm³/mol. The van der Waals surface area contributed by atoms with Crippen LogP contribution in [0.4, 0.5) is 10.6 Å². The molecule has 0 N–H and O–H groups in total. The van der Waals surface area contributed by atoms with Gasteiger partial charge in [0.2, 0.25) is 5.28 Å². The first-order chi connectivity index (χ1) is 12.7. The van der Waals surface area contributed by atoms with Gasteiger partial charge in [0, 0.05) is 19.2 Å². The van der Waals surface area contributed by atoms with Crippen molar-refractivity contribution in [3.63, 3.8) is 0 Å². The summed E-state index contributed by atoms with van der Waals surface area (Å²) in [7, 11) is 0. The third-order valence-corrected chi connectivity index (χ3v) is 5.11. The lowest BCUT2D eigenvalue weighted by atomic mass is 10.2. The molecular formula is C17H20Cl2N6O2. The molecule has 4 rings (SSSR count). The number of halogens is 2. The third kappa shape index (κ3) is 3.60. The molecule has 0 radical (unpaired) electrons. The van der Waals surface area contributed by atoms with Crippen molar-refractivity contribution in [2.24, 2.45) is 0 Å². The van der Waals surface area contributed by atoms with Gasteiger partial charge in [-0.2, -0.15) is 4.98 Å². The number of carbonyl (C=O) groups is 1. The summed E-state index contributed by atoms with van der Waals surface area (Å²) < 4.78 is 5.59. The van der Waals surface area contributed by atoms with Crippen LogP contribution in [0.15, 0.2) is 6.07 Å². The second-order valence-electron chi connectivity index (χ2n) is 7.89. The highest BCUT2D eigenvalue weighted by atomic mass is 35.5. The number of hydrogen-bond acceptors (Lipinski definition) is 7. The molecule has 10 heteroatoms. The monoisotopic (exact) mass is 410 g/mol. The first-order valence-electron chi connectivity index (χ1n) is 8.84. The van der Waals surface area contributed by atoms with Gasteiger partial charge in [-0.1, -0.05) is 11.6 Å². The molecule has 2 saturated heterocycles. The second-order valence-corrected chi connectivity index (χ2v) is 8.62. The number of piperazine rings is 1. The number of aromatic nitrogens is 4. The second kappa shape index (κ2) is 6.60. The minimum Gasteiger partial charge on any atom is -0.444 e. The Morgan fingerprint density at radius 3 is 2.44 bits per heavy atom. The van der Waals surface area contributed by atoms with Crippen LogP contribution in [0, 0.1) is 0 Å². The van der Waals surface area contributed by atoms with Crippen LogP contribution in [0.5, 0.6) is 0 Å². The molecule has 2 aliphatic rings. The van der Waals surface area contributed by atoms with Gasteiger partial charge in [0.15, 0.2) is 16.5 Å². The maximum absolute atomic E-state index is 12.6. The van der Waals surface area contributed by atoms with Crippen LogP contribution in [-0.2, 0) is 4.74 Å². The Bertz CT molecular complexity index is 884. The minimum atomic E-state index is -0.515. The smallest absolute Gasteiger partial charge is 0.410 e. The van der Waals surface area contributed by atoms with E-state index in [1.54, 1.807) is 6.07 Å². The van der Waals surface area contributed by atoms with Gasteiger partial charge in [0.05, 0.1) is 12.1 Å². The molecule has 2 aliphatic heterocycles. The summed E-state index contributed by atoms with van der Waals surface area (Å²) in [4.78, 5) is 25.2. The first-order valence-corrected chi connectivity index (χ1v) is 9.59. The van der Waals surface area contributed by atoms with Crippen molar-refractivity contribution in [3.05, 3.63) is 16.5 Å². The lowest BCUT2D eigenvalue weighted by Crippen LogP contribution is -2.57. The van der Waals surface area contributed by atoms with E-state index >= 15 is 0 Å². The van der Waals surface area contributed by atoms with Crippen LogP contribution in [0.3, 0.4) is 0 Å². The molecule has 27 heavy (non-hydrogen) atoms. The molecule has 8 nitrogen and oxygen atoms in total. The Labute approximate surface area is 166 Å². The maximum Gasteiger partial charge on any atom is 0.410 e. The number of ether oxygens (including phenoxy) is 1. The van der Waals surface area contributed by atoms with Gasteiger partial charge in [-0.15, -0.1) is 10.2 Å². The van der Waals surface area contributed by atoms with E-state index in [4.69, 9.17) is 27.9 Å². The van der Waals surface area contributed by atoms with E-state index in [0.29, 0.717) is 29.9 Å². The zero-order valence-electron chi connectivity index (χ0n) is 15.3. The molecule has 0 spiro atoms. The third-order valence-electron chi connectivity index (χ3n) is 4.75. The average molecular weight is 411 g/mol. The zero-order valence-corrected chi connectivity index (χ0v) is 16.8. The number of amides is 1. The average Bonchev–Trinajstić information content (AvgIpc) is 2.82. The van der Waals surface area contributed by atoms with Gasteiger partial charge >= 0.3 is 6.09 Å². The SMILES string of the molecule is CC(C)(C)OC(=O)N1C2CCC1CN(c1nc(Cl)nc3cc(Cl)nnc13)C2. The lowest BCUT2D eigenvalue weighted by Gasteiger charge is -2.41. The molecule has 1 amide bonds. The van der Waals surface area contributed by atoms with Crippen molar-refractivity contribution >= 4 is 46.1 Å². The molecule has 0 aromatic carbocycles. The van der Waals surface area contributed by atoms with Gasteiger partial charge in [-0.25, -0.2) is 9.78 Å². The van der Waals surface area contributed by atoms with Crippen molar-refractivity contribution in [2.45, 2.75) is 51.3 Å². The number of rotatable bonds is 1. The summed E-state index contributed by atoms with van der Waals surface area (Å²) in [6.07, 6.45) is 1.59. The van der Waals surface area contributed by atoms with Crippen LogP contribution < -0.4 is 4.90 Å². The molecule has 0 saturated carbocycles. The van der Waals surface area contributed by atoms with Crippen LogP contribution in [-0.4, -0.2) is 61.9 Å². The Hall–Kier alpha value is -1.93. The highest BCUT2D eigenvalue weighted by Crippen LogP contribution is 2.35. The van der Waals surface area contributed by atoms with Gasteiger partial charge in [0.25, 0.3) is 0 Å². The molecule has 2 aromatic rings. The molecule has 2 bridgehead atoms. The van der Waals surface area contributed by atoms with Crippen LogP contribution in [0.25, 0.3) is 11.0 Å². The molecule has 144 valence electrons. The van der Waals surface area contributed by atoms with Crippen molar-refractivity contribution in [3.8, 4) is 0 Å². The summed E-state index contributed by atoms with van der Waals surface area (Å²) >= 11 is 12.0. The Morgan fingerprint density at radius 2 is 1.81 bits per heavy atom. The van der Waals surface area contributed by atoms with Crippen molar-refractivity contribution in [2.75, 3.05) is 18.0 Å². The number of anilines is 1. The number of hydrogen-bond donors (Lipinski definition) is 0. The van der Waals surface area contributed by atoms with Crippen LogP contribution in [0.2, 0.25) is 10.4 Å². The Balaban J connectivity index is 1.62. The van der Waals surface area contributed by atoms with Crippen LogP contribution >= 0.6 is 23.2 Å². The molecule has 4 heterocycles. The summed E-state index contributed by atoms with van der Waals surface area (Å²) in [5, 5.41) is 8.44. The normalized spacial score (nSPS) is 22.4. The highest BCUT2D eigenvalue weighted by molar-refractivity contribution is 6.30. The zero-order chi connectivity index (χ0) is 19.3. The van der Waals surface area contributed by atoms with Gasteiger partial charge < -0.3 is 9.64 Å². The molecule has 2 fully saturated rings. The standard InChI is InChI=1S/C17H20Cl2N6O2/c1-17(2,3)27-16(26)25-9-4-5-10(25)8-24(7-9)14-13-11(20-15(19)21-14)6-12(18)22-23-13/h6,9-10H,4-5,7-8H2,1-3H3. The molecule has 0 aliphatic carbocycles. The fourth-order valence-corrected chi connectivity index (χ4v) is 4.09. The Kier molecular flexibility index (Phi) is 4.50. The summed E-state index contributed by atoms with van der Waals surface area (Å²) in [6, 6.07) is 1.73. The maximum atomic E-state index is 12.6. The summed E-state index contributed by atoms with van der Waals surface area (Å²) in [6.45, 7) is 6.89. The fraction of sp³-hybridized carbons (Fsp3) is 0.588. The largest absolute Gasteiger partial charge is 0.444 e. The number of carbonyl (C=O) groups excluding carboxylic acids is 1. The lowest BCUT2D eigenvalue weighted by molar-refractivity contribution is 0.0123. The van der Waals surface area contributed by atoms with E-state index in [0.717, 1.165) is 12.8 Å². The van der Waals surface area contributed by atoms with Gasteiger partial charge in [-0.3, -0.25) is 4.90 Å². The van der Waals surface area contributed by atoms with E-state index in [1.807, 2.05) is 25.7 Å². The topological polar surface area (TPSA) is 84.3 Å². The highest BCUT2D eigenvalue weighted by Gasteiger charge is 2.45. The van der Waals surface area contributed by atoms with E-state index in [9.17, 15) is 4.79 Å². The fourth-order valence-electron chi connectivity index (χ4n) is 3.78. The number of fused-ring (bicyclic) bond motifs is 3. The van der Waals surface area contributed by atoms with E-state index in [-0.39, 0.29) is 28.6 Å². The van der Waals surface area contributed by atoms with E-state index in [2.05, 4.69) is 25.1 Å². The molecule has 2 unspecified atom stereocenters.